The lowest BCUT2D eigenvalue weighted by Crippen LogP contribution is -2.30. The molecule has 0 amide bonds. The Morgan fingerprint density at radius 1 is 1.24 bits per heavy atom. The van der Waals surface area contributed by atoms with E-state index in [0.29, 0.717) is 12.4 Å². The van der Waals surface area contributed by atoms with E-state index in [4.69, 9.17) is 9.47 Å². The van der Waals surface area contributed by atoms with Crippen LogP contribution in [0.3, 0.4) is 0 Å². The van der Waals surface area contributed by atoms with Gasteiger partial charge >= 0.3 is 0 Å². The number of fused-ring (bicyclic) bond motifs is 1. The second-order valence-electron chi connectivity index (χ2n) is 6.15. The number of ether oxygens (including phenoxy) is 2. The number of hydrogen-bond donors (Lipinski definition) is 0. The van der Waals surface area contributed by atoms with Gasteiger partial charge in [-0.25, -0.2) is 4.39 Å². The van der Waals surface area contributed by atoms with E-state index in [2.05, 4.69) is 4.90 Å². The molecule has 1 unspecified atom stereocenters. The van der Waals surface area contributed by atoms with E-state index in [0.717, 1.165) is 24.9 Å². The number of aryl methyl sites for hydroxylation is 1. The van der Waals surface area contributed by atoms with Gasteiger partial charge in [-0.15, -0.1) is 0 Å². The van der Waals surface area contributed by atoms with Crippen LogP contribution in [-0.2, 0) is 6.42 Å². The minimum absolute atomic E-state index is 0.0862. The molecule has 3 nitrogen and oxygen atoms in total. The summed E-state index contributed by atoms with van der Waals surface area (Å²) in [4.78, 5) is 2.51. The van der Waals surface area contributed by atoms with Crippen LogP contribution in [-0.4, -0.2) is 37.2 Å². The molecule has 21 heavy (non-hydrogen) atoms. The number of rotatable bonds is 4. The molecule has 2 aliphatic heterocycles. The molecule has 116 valence electrons. The van der Waals surface area contributed by atoms with Crippen molar-refractivity contribution < 1.29 is 13.9 Å². The van der Waals surface area contributed by atoms with E-state index in [1.54, 1.807) is 6.07 Å². The molecule has 0 saturated carbocycles. The van der Waals surface area contributed by atoms with Crippen LogP contribution >= 0.6 is 0 Å². The van der Waals surface area contributed by atoms with Crippen LogP contribution in [0.15, 0.2) is 12.1 Å². The van der Waals surface area contributed by atoms with Crippen LogP contribution in [0.5, 0.6) is 11.5 Å². The van der Waals surface area contributed by atoms with Gasteiger partial charge < -0.3 is 14.4 Å². The maximum Gasteiger partial charge on any atom is 0.197 e. The Kier molecular flexibility index (Phi) is 4.63. The lowest BCUT2D eigenvalue weighted by atomic mass is 10.1. The summed E-state index contributed by atoms with van der Waals surface area (Å²) in [5.41, 5.74) is 1.00. The van der Waals surface area contributed by atoms with Crippen LogP contribution in [0, 0.1) is 5.82 Å². The summed E-state index contributed by atoms with van der Waals surface area (Å²) in [6.07, 6.45) is 5.86. The minimum Gasteiger partial charge on any atom is -0.486 e. The standard InChI is InChI=1S/C17H24FNO2/c1-13-12-20-16-11-14(10-15(18)17(16)21-13)6-5-9-19-7-3-2-4-8-19/h10-11,13H,2-9,12H2,1H3. The Morgan fingerprint density at radius 2 is 2.05 bits per heavy atom. The van der Waals surface area contributed by atoms with Gasteiger partial charge in [0.2, 0.25) is 0 Å². The van der Waals surface area contributed by atoms with E-state index in [1.807, 2.05) is 13.0 Å². The molecule has 1 aromatic carbocycles. The lowest BCUT2D eigenvalue weighted by molar-refractivity contribution is 0.0981. The smallest absolute Gasteiger partial charge is 0.197 e. The number of benzene rings is 1. The molecule has 2 aliphatic rings. The van der Waals surface area contributed by atoms with E-state index in [-0.39, 0.29) is 17.7 Å². The molecule has 1 fully saturated rings. The van der Waals surface area contributed by atoms with Crippen molar-refractivity contribution in [3.05, 3.63) is 23.5 Å². The summed E-state index contributed by atoms with van der Waals surface area (Å²) in [6.45, 7) is 5.91. The molecular formula is C17H24FNO2. The summed E-state index contributed by atoms with van der Waals surface area (Å²) in [7, 11) is 0. The van der Waals surface area contributed by atoms with Crippen LogP contribution in [0.1, 0.15) is 38.2 Å². The fraction of sp³-hybridized carbons (Fsp3) is 0.647. The van der Waals surface area contributed by atoms with Crippen molar-refractivity contribution in [2.75, 3.05) is 26.2 Å². The highest BCUT2D eigenvalue weighted by molar-refractivity contribution is 5.45. The highest BCUT2D eigenvalue weighted by atomic mass is 19.1. The maximum absolute atomic E-state index is 14.1. The molecule has 4 heteroatoms. The van der Waals surface area contributed by atoms with Crippen molar-refractivity contribution in [2.45, 2.75) is 45.1 Å². The monoisotopic (exact) mass is 293 g/mol. The Morgan fingerprint density at radius 3 is 2.86 bits per heavy atom. The van der Waals surface area contributed by atoms with Crippen LogP contribution in [0.2, 0.25) is 0 Å². The number of likely N-dealkylation sites (tertiary alicyclic amines) is 1. The molecule has 0 bridgehead atoms. The highest BCUT2D eigenvalue weighted by Gasteiger charge is 2.22. The van der Waals surface area contributed by atoms with Crippen LogP contribution in [0.4, 0.5) is 4.39 Å². The van der Waals surface area contributed by atoms with Crippen molar-refractivity contribution in [3.63, 3.8) is 0 Å². The molecule has 0 aromatic heterocycles. The van der Waals surface area contributed by atoms with Gasteiger partial charge in [-0.1, -0.05) is 6.42 Å². The van der Waals surface area contributed by atoms with Crippen molar-refractivity contribution >= 4 is 0 Å². The SMILES string of the molecule is CC1COc2cc(CCCN3CCCCC3)cc(F)c2O1. The van der Waals surface area contributed by atoms with Gasteiger partial charge in [-0.2, -0.15) is 0 Å². The Balaban J connectivity index is 1.57. The molecule has 3 rings (SSSR count). The molecule has 0 N–H and O–H groups in total. The fourth-order valence-electron chi connectivity index (χ4n) is 3.12. The number of piperidine rings is 1. The third-order valence-corrected chi connectivity index (χ3v) is 4.25. The Hall–Kier alpha value is -1.29. The van der Waals surface area contributed by atoms with Crippen molar-refractivity contribution in [1.29, 1.82) is 0 Å². The summed E-state index contributed by atoms with van der Waals surface area (Å²) >= 11 is 0. The highest BCUT2D eigenvalue weighted by Crippen LogP contribution is 2.35. The normalized spacial score (nSPS) is 22.3. The van der Waals surface area contributed by atoms with Gasteiger partial charge in [0, 0.05) is 0 Å². The summed E-state index contributed by atoms with van der Waals surface area (Å²) in [5.74, 6) is 0.529. The average molecular weight is 293 g/mol. The Bertz CT molecular complexity index is 486. The van der Waals surface area contributed by atoms with E-state index >= 15 is 0 Å². The molecule has 0 aliphatic carbocycles. The zero-order chi connectivity index (χ0) is 14.7. The largest absolute Gasteiger partial charge is 0.486 e. The van der Waals surface area contributed by atoms with Crippen molar-refractivity contribution in [1.82, 2.24) is 4.90 Å². The van der Waals surface area contributed by atoms with Crippen LogP contribution < -0.4 is 9.47 Å². The molecule has 1 atom stereocenters. The molecular weight excluding hydrogens is 269 g/mol. The molecule has 2 heterocycles. The van der Waals surface area contributed by atoms with Crippen molar-refractivity contribution in [3.8, 4) is 11.5 Å². The van der Waals surface area contributed by atoms with Gasteiger partial charge in [0.05, 0.1) is 0 Å². The lowest BCUT2D eigenvalue weighted by Gasteiger charge is -2.26. The number of nitrogens with zero attached hydrogens (tertiary/aromatic N) is 1. The zero-order valence-electron chi connectivity index (χ0n) is 12.7. The molecule has 0 radical (unpaired) electrons. The van der Waals surface area contributed by atoms with E-state index < -0.39 is 0 Å². The van der Waals surface area contributed by atoms with Gasteiger partial charge in [-0.05, 0) is 69.9 Å². The van der Waals surface area contributed by atoms with E-state index in [9.17, 15) is 4.39 Å². The predicted molar refractivity (Wildman–Crippen MR) is 80.6 cm³/mol. The number of halogens is 1. The quantitative estimate of drug-likeness (QED) is 0.849. The molecule has 1 saturated heterocycles. The topological polar surface area (TPSA) is 21.7 Å². The number of hydrogen-bond acceptors (Lipinski definition) is 3. The summed E-state index contributed by atoms with van der Waals surface area (Å²) in [5, 5.41) is 0. The van der Waals surface area contributed by atoms with Crippen LogP contribution in [0.25, 0.3) is 0 Å². The first kappa shape index (κ1) is 14.6. The first-order valence-electron chi connectivity index (χ1n) is 8.06. The van der Waals surface area contributed by atoms with E-state index in [1.165, 1.54) is 32.4 Å². The fourth-order valence-corrected chi connectivity index (χ4v) is 3.12. The maximum atomic E-state index is 14.1. The zero-order valence-corrected chi connectivity index (χ0v) is 12.7. The first-order chi connectivity index (χ1) is 10.2. The summed E-state index contributed by atoms with van der Waals surface area (Å²) in [6, 6.07) is 3.52. The third-order valence-electron chi connectivity index (χ3n) is 4.25. The van der Waals surface area contributed by atoms with Gasteiger partial charge in [0.1, 0.15) is 12.7 Å². The van der Waals surface area contributed by atoms with Gasteiger partial charge in [0.25, 0.3) is 0 Å². The molecule has 1 aromatic rings. The molecule has 0 spiro atoms. The second kappa shape index (κ2) is 6.65. The van der Waals surface area contributed by atoms with Gasteiger partial charge in [-0.3, -0.25) is 0 Å². The summed E-state index contributed by atoms with van der Waals surface area (Å²) < 4.78 is 25.2. The third kappa shape index (κ3) is 3.67. The van der Waals surface area contributed by atoms with Gasteiger partial charge in [0.15, 0.2) is 17.3 Å². The Labute approximate surface area is 126 Å². The van der Waals surface area contributed by atoms with Crippen molar-refractivity contribution in [2.24, 2.45) is 0 Å². The predicted octanol–water partition coefficient (Wildman–Crippen LogP) is 3.40. The second-order valence-corrected chi connectivity index (χ2v) is 6.15. The average Bonchev–Trinajstić information content (AvgIpc) is 2.49. The first-order valence-corrected chi connectivity index (χ1v) is 8.06. The minimum atomic E-state index is -0.299.